The molecular weight excluding hydrogens is 310 g/mol. The average molecular weight is 324 g/mol. The lowest BCUT2D eigenvalue weighted by Crippen LogP contribution is -2.22. The first-order valence-corrected chi connectivity index (χ1v) is 6.69. The molecule has 0 aliphatic rings. The summed E-state index contributed by atoms with van der Waals surface area (Å²) in [5.74, 6) is -1.24. The van der Waals surface area contributed by atoms with Crippen molar-refractivity contribution in [2.75, 3.05) is 0 Å². The number of halogens is 1. The highest BCUT2D eigenvalue weighted by molar-refractivity contribution is 9.10. The molecule has 0 saturated heterocycles. The van der Waals surface area contributed by atoms with Crippen molar-refractivity contribution in [1.82, 2.24) is 9.55 Å². The maximum Gasteiger partial charge on any atom is 0.289 e. The molecule has 0 spiro atoms. The standard InChI is InChI=1S/C13H14BrN3O2/c1-7(2)5-17-6-9(11(18)12(15)19)8-3-4-10(14)16-13(8)17/h3-4,6-7H,5H2,1-2H3,(H2,15,19). The van der Waals surface area contributed by atoms with E-state index in [1.54, 1.807) is 18.3 Å². The highest BCUT2D eigenvalue weighted by atomic mass is 79.9. The molecule has 6 heteroatoms. The first-order valence-electron chi connectivity index (χ1n) is 5.89. The molecule has 2 heterocycles. The maximum absolute atomic E-state index is 11.8. The largest absolute Gasteiger partial charge is 0.363 e. The second kappa shape index (κ2) is 5.13. The van der Waals surface area contributed by atoms with Gasteiger partial charge in [-0.3, -0.25) is 9.59 Å². The number of carbonyl (C=O) groups is 2. The minimum atomic E-state index is -0.952. The highest BCUT2D eigenvalue weighted by Crippen LogP contribution is 2.23. The minimum Gasteiger partial charge on any atom is -0.363 e. The molecule has 0 radical (unpaired) electrons. The predicted octanol–water partition coefficient (Wildman–Crippen LogP) is 2.12. The fourth-order valence-corrected chi connectivity index (χ4v) is 2.29. The topological polar surface area (TPSA) is 78.0 Å². The number of nitrogens with two attached hydrogens (primary N) is 1. The SMILES string of the molecule is CC(C)Cn1cc(C(=O)C(N)=O)c2ccc(Br)nc21. The third-order valence-corrected chi connectivity index (χ3v) is 3.16. The molecule has 2 N–H and O–H groups in total. The van der Waals surface area contributed by atoms with Crippen LogP contribution in [0.5, 0.6) is 0 Å². The number of amides is 1. The Morgan fingerprint density at radius 2 is 2.11 bits per heavy atom. The quantitative estimate of drug-likeness (QED) is 0.532. The van der Waals surface area contributed by atoms with Crippen molar-refractivity contribution in [1.29, 1.82) is 0 Å². The van der Waals surface area contributed by atoms with E-state index in [0.29, 0.717) is 33.7 Å². The molecule has 0 bridgehead atoms. The van der Waals surface area contributed by atoms with E-state index in [2.05, 4.69) is 34.8 Å². The first kappa shape index (κ1) is 13.7. The summed E-state index contributed by atoms with van der Waals surface area (Å²) in [6.45, 7) is 4.85. The first-order chi connectivity index (χ1) is 8.90. The Bertz CT molecular complexity index is 661. The van der Waals surface area contributed by atoms with Crippen LogP contribution >= 0.6 is 15.9 Å². The molecule has 2 aromatic rings. The predicted molar refractivity (Wildman–Crippen MR) is 75.8 cm³/mol. The molecule has 2 rings (SSSR count). The summed E-state index contributed by atoms with van der Waals surface area (Å²) in [4.78, 5) is 27.3. The third kappa shape index (κ3) is 2.68. The fraction of sp³-hybridized carbons (Fsp3) is 0.308. The Hall–Kier alpha value is -1.69. The summed E-state index contributed by atoms with van der Waals surface area (Å²) in [5, 5.41) is 0.646. The van der Waals surface area contributed by atoms with Crippen LogP contribution < -0.4 is 5.73 Å². The van der Waals surface area contributed by atoms with E-state index < -0.39 is 11.7 Å². The van der Waals surface area contributed by atoms with Crippen molar-refractivity contribution in [3.63, 3.8) is 0 Å². The van der Waals surface area contributed by atoms with Crippen molar-refractivity contribution in [2.24, 2.45) is 11.7 Å². The van der Waals surface area contributed by atoms with Gasteiger partial charge < -0.3 is 10.3 Å². The van der Waals surface area contributed by atoms with E-state index in [1.807, 2.05) is 4.57 Å². The van der Waals surface area contributed by atoms with Gasteiger partial charge in [0.2, 0.25) is 0 Å². The van der Waals surface area contributed by atoms with E-state index in [1.165, 1.54) is 0 Å². The molecule has 19 heavy (non-hydrogen) atoms. The molecule has 0 unspecified atom stereocenters. The maximum atomic E-state index is 11.8. The van der Waals surface area contributed by atoms with Gasteiger partial charge in [-0.2, -0.15) is 0 Å². The summed E-state index contributed by atoms with van der Waals surface area (Å²) in [7, 11) is 0. The molecule has 0 saturated carbocycles. The molecule has 100 valence electrons. The van der Waals surface area contributed by atoms with Crippen LogP contribution in [0.15, 0.2) is 22.9 Å². The van der Waals surface area contributed by atoms with Crippen LogP contribution in [0.4, 0.5) is 0 Å². The van der Waals surface area contributed by atoms with Crippen molar-refractivity contribution in [2.45, 2.75) is 20.4 Å². The van der Waals surface area contributed by atoms with Crippen molar-refractivity contribution < 1.29 is 9.59 Å². The summed E-state index contributed by atoms with van der Waals surface area (Å²) >= 11 is 3.31. The number of nitrogens with zero attached hydrogens (tertiary/aromatic N) is 2. The van der Waals surface area contributed by atoms with Gasteiger partial charge in [-0.15, -0.1) is 0 Å². The fourth-order valence-electron chi connectivity index (χ4n) is 1.99. The van der Waals surface area contributed by atoms with Crippen LogP contribution in [0.1, 0.15) is 24.2 Å². The smallest absolute Gasteiger partial charge is 0.289 e. The molecule has 1 amide bonds. The molecule has 5 nitrogen and oxygen atoms in total. The molecule has 0 fully saturated rings. The van der Waals surface area contributed by atoms with Crippen LogP contribution in [0.25, 0.3) is 11.0 Å². The van der Waals surface area contributed by atoms with Gasteiger partial charge in [0.15, 0.2) is 0 Å². The van der Waals surface area contributed by atoms with Crippen LogP contribution in [0, 0.1) is 5.92 Å². The molecule has 0 atom stereocenters. The van der Waals surface area contributed by atoms with Gasteiger partial charge in [-0.1, -0.05) is 13.8 Å². The van der Waals surface area contributed by atoms with E-state index in [9.17, 15) is 9.59 Å². The van der Waals surface area contributed by atoms with Crippen LogP contribution in [-0.2, 0) is 11.3 Å². The second-order valence-corrected chi connectivity index (χ2v) is 5.60. The summed E-state index contributed by atoms with van der Waals surface area (Å²) in [5.41, 5.74) is 6.05. The van der Waals surface area contributed by atoms with Crippen LogP contribution in [-0.4, -0.2) is 21.2 Å². The third-order valence-electron chi connectivity index (χ3n) is 2.72. The van der Waals surface area contributed by atoms with E-state index in [0.717, 1.165) is 0 Å². The van der Waals surface area contributed by atoms with Crippen molar-refractivity contribution in [3.8, 4) is 0 Å². The second-order valence-electron chi connectivity index (χ2n) is 4.79. The highest BCUT2D eigenvalue weighted by Gasteiger charge is 2.20. The van der Waals surface area contributed by atoms with Gasteiger partial charge in [0.1, 0.15) is 10.3 Å². The van der Waals surface area contributed by atoms with Gasteiger partial charge in [0.05, 0.1) is 5.56 Å². The molecule has 0 aliphatic heterocycles. The Morgan fingerprint density at radius 3 is 2.68 bits per heavy atom. The Morgan fingerprint density at radius 1 is 1.42 bits per heavy atom. The number of rotatable bonds is 4. The minimum absolute atomic E-state index is 0.308. The monoisotopic (exact) mass is 323 g/mol. The van der Waals surface area contributed by atoms with Gasteiger partial charge in [-0.25, -0.2) is 4.98 Å². The van der Waals surface area contributed by atoms with Gasteiger partial charge in [0, 0.05) is 18.1 Å². The summed E-state index contributed by atoms with van der Waals surface area (Å²) in [6.07, 6.45) is 1.65. The summed E-state index contributed by atoms with van der Waals surface area (Å²) in [6, 6.07) is 3.50. The van der Waals surface area contributed by atoms with Crippen LogP contribution in [0.3, 0.4) is 0 Å². The Labute approximate surface area is 118 Å². The average Bonchev–Trinajstić information content (AvgIpc) is 2.65. The van der Waals surface area contributed by atoms with Crippen molar-refractivity contribution >= 4 is 38.7 Å². The summed E-state index contributed by atoms with van der Waals surface area (Å²) < 4.78 is 2.56. The zero-order valence-corrected chi connectivity index (χ0v) is 12.3. The molecule has 0 aromatic carbocycles. The zero-order chi connectivity index (χ0) is 14.2. The van der Waals surface area contributed by atoms with Crippen LogP contribution in [0.2, 0.25) is 0 Å². The Kier molecular flexibility index (Phi) is 3.71. The lowest BCUT2D eigenvalue weighted by Gasteiger charge is -2.07. The van der Waals surface area contributed by atoms with Gasteiger partial charge in [-0.05, 0) is 34.0 Å². The lowest BCUT2D eigenvalue weighted by molar-refractivity contribution is -0.114. The van der Waals surface area contributed by atoms with Crippen molar-refractivity contribution in [3.05, 3.63) is 28.5 Å². The number of ketones is 1. The number of carbonyl (C=O) groups excluding carboxylic acids is 2. The van der Waals surface area contributed by atoms with E-state index in [4.69, 9.17) is 5.73 Å². The number of Topliss-reactive ketones (excluding diaryl/α,β-unsaturated/α-hetero) is 1. The van der Waals surface area contributed by atoms with E-state index >= 15 is 0 Å². The zero-order valence-electron chi connectivity index (χ0n) is 10.7. The number of fused-ring (bicyclic) bond motifs is 1. The lowest BCUT2D eigenvalue weighted by atomic mass is 10.1. The Balaban J connectivity index is 2.66. The normalized spacial score (nSPS) is 11.2. The molecule has 0 aliphatic carbocycles. The van der Waals surface area contributed by atoms with E-state index in [-0.39, 0.29) is 0 Å². The number of aromatic nitrogens is 2. The van der Waals surface area contributed by atoms with Gasteiger partial charge >= 0.3 is 0 Å². The number of pyridine rings is 1. The number of hydrogen-bond acceptors (Lipinski definition) is 3. The molecular formula is C13H14BrN3O2. The number of primary amides is 1. The number of hydrogen-bond donors (Lipinski definition) is 1. The van der Waals surface area contributed by atoms with Gasteiger partial charge in [0.25, 0.3) is 11.7 Å². The molecule has 2 aromatic heterocycles.